The molecule has 1 N–H and O–H groups in total. The third kappa shape index (κ3) is 3.73. The number of hydrogen-bond acceptors (Lipinski definition) is 4. The predicted octanol–water partition coefficient (Wildman–Crippen LogP) is 4.88. The van der Waals surface area contributed by atoms with Crippen LogP contribution in [0.4, 0.5) is 4.39 Å². The predicted molar refractivity (Wildman–Crippen MR) is 109 cm³/mol. The first kappa shape index (κ1) is 18.9. The van der Waals surface area contributed by atoms with Gasteiger partial charge in [0.25, 0.3) is 5.91 Å². The maximum Gasteiger partial charge on any atom is 0.252 e. The van der Waals surface area contributed by atoms with Crippen LogP contribution in [0.1, 0.15) is 16.1 Å². The van der Waals surface area contributed by atoms with Crippen molar-refractivity contribution < 1.29 is 9.18 Å². The van der Waals surface area contributed by atoms with Crippen LogP contribution in [0.15, 0.2) is 47.8 Å². The van der Waals surface area contributed by atoms with Crippen LogP contribution in [-0.2, 0) is 6.42 Å². The van der Waals surface area contributed by atoms with Gasteiger partial charge in [-0.2, -0.15) is 4.98 Å². The van der Waals surface area contributed by atoms with Crippen molar-refractivity contribution in [1.29, 1.82) is 0 Å². The Morgan fingerprint density at radius 3 is 2.86 bits per heavy atom. The van der Waals surface area contributed by atoms with Crippen molar-refractivity contribution in [2.75, 3.05) is 6.54 Å². The van der Waals surface area contributed by atoms with Crippen LogP contribution in [-0.4, -0.2) is 27.0 Å². The number of hydrogen-bond donors (Lipinski definition) is 1. The standard InChI is InChI=1S/C19H13Cl2FN4OS/c20-11-5-6-15(21)14(9-11)18(27)23-8-7-12-10-28-19-24-17(25-26(12)19)13-3-1-2-4-16(13)22/h1-6,9-10H,7-8H2,(H,23,27). The minimum absolute atomic E-state index is 0.301. The number of halogens is 3. The van der Waals surface area contributed by atoms with E-state index in [0.717, 1.165) is 5.69 Å². The van der Waals surface area contributed by atoms with E-state index in [4.69, 9.17) is 23.2 Å². The van der Waals surface area contributed by atoms with Gasteiger partial charge in [-0.05, 0) is 30.3 Å². The van der Waals surface area contributed by atoms with Crippen molar-refractivity contribution in [3.8, 4) is 11.4 Å². The number of carbonyl (C=O) groups excluding carboxylic acids is 1. The van der Waals surface area contributed by atoms with E-state index in [1.54, 1.807) is 34.8 Å². The van der Waals surface area contributed by atoms with E-state index in [1.165, 1.54) is 23.5 Å². The lowest BCUT2D eigenvalue weighted by molar-refractivity contribution is 0.0954. The number of benzene rings is 2. The van der Waals surface area contributed by atoms with Gasteiger partial charge in [-0.25, -0.2) is 8.91 Å². The lowest BCUT2D eigenvalue weighted by Crippen LogP contribution is -2.26. The average Bonchev–Trinajstić information content (AvgIpc) is 3.25. The van der Waals surface area contributed by atoms with Gasteiger partial charge >= 0.3 is 0 Å². The summed E-state index contributed by atoms with van der Waals surface area (Å²) < 4.78 is 15.6. The van der Waals surface area contributed by atoms with Gasteiger partial charge < -0.3 is 5.32 Å². The van der Waals surface area contributed by atoms with E-state index in [9.17, 15) is 9.18 Å². The maximum atomic E-state index is 14.0. The first-order chi connectivity index (χ1) is 13.5. The normalized spacial score (nSPS) is 11.1. The van der Waals surface area contributed by atoms with E-state index in [0.29, 0.717) is 44.9 Å². The molecule has 0 aliphatic carbocycles. The van der Waals surface area contributed by atoms with Gasteiger partial charge in [-0.15, -0.1) is 16.4 Å². The molecule has 0 atom stereocenters. The summed E-state index contributed by atoms with van der Waals surface area (Å²) in [5, 5.41) is 9.92. The third-order valence-corrected chi connectivity index (χ3v) is 5.53. The number of rotatable bonds is 5. The van der Waals surface area contributed by atoms with E-state index in [-0.39, 0.29) is 11.7 Å². The molecule has 0 bridgehead atoms. The lowest BCUT2D eigenvalue weighted by atomic mass is 10.2. The van der Waals surface area contributed by atoms with Gasteiger partial charge in [-0.1, -0.05) is 35.3 Å². The smallest absolute Gasteiger partial charge is 0.252 e. The summed E-state index contributed by atoms with van der Waals surface area (Å²) in [4.78, 5) is 17.4. The topological polar surface area (TPSA) is 59.3 Å². The van der Waals surface area contributed by atoms with Gasteiger partial charge in [-0.3, -0.25) is 4.79 Å². The summed E-state index contributed by atoms with van der Waals surface area (Å²) in [6.07, 6.45) is 0.532. The molecular weight excluding hydrogens is 422 g/mol. The average molecular weight is 435 g/mol. The molecule has 2 aromatic carbocycles. The van der Waals surface area contributed by atoms with Gasteiger partial charge in [0.1, 0.15) is 5.82 Å². The van der Waals surface area contributed by atoms with Gasteiger partial charge in [0.2, 0.25) is 4.96 Å². The summed E-state index contributed by atoms with van der Waals surface area (Å²) >= 11 is 13.4. The SMILES string of the molecule is O=C(NCCc1csc2nc(-c3ccccc3F)nn12)c1cc(Cl)ccc1Cl. The Kier molecular flexibility index (Phi) is 5.30. The summed E-state index contributed by atoms with van der Waals surface area (Å²) in [7, 11) is 0. The molecule has 1 amide bonds. The molecule has 0 unspecified atom stereocenters. The Labute approximate surface area is 173 Å². The number of nitrogens with zero attached hydrogens (tertiary/aromatic N) is 3. The van der Waals surface area contributed by atoms with Crippen molar-refractivity contribution in [3.05, 3.63) is 75.0 Å². The Hall–Kier alpha value is -2.48. The molecule has 2 heterocycles. The van der Waals surface area contributed by atoms with E-state index >= 15 is 0 Å². The molecule has 4 aromatic rings. The number of thiazole rings is 1. The number of aromatic nitrogens is 3. The van der Waals surface area contributed by atoms with Crippen LogP contribution in [0.5, 0.6) is 0 Å². The van der Waals surface area contributed by atoms with Gasteiger partial charge in [0.15, 0.2) is 5.82 Å². The van der Waals surface area contributed by atoms with Crippen LogP contribution >= 0.6 is 34.5 Å². The molecule has 142 valence electrons. The zero-order valence-electron chi connectivity index (χ0n) is 14.3. The molecule has 5 nitrogen and oxygen atoms in total. The first-order valence-electron chi connectivity index (χ1n) is 8.34. The minimum atomic E-state index is -0.368. The van der Waals surface area contributed by atoms with Gasteiger partial charge in [0.05, 0.1) is 21.8 Å². The quantitative estimate of drug-likeness (QED) is 0.486. The molecule has 0 saturated carbocycles. The highest BCUT2D eigenvalue weighted by Gasteiger charge is 2.15. The summed E-state index contributed by atoms with van der Waals surface area (Å²) in [6, 6.07) is 11.1. The van der Waals surface area contributed by atoms with Crippen LogP contribution in [0, 0.1) is 5.82 Å². The summed E-state index contributed by atoms with van der Waals surface area (Å²) in [5.41, 5.74) is 1.55. The van der Waals surface area contributed by atoms with Gasteiger partial charge in [0, 0.05) is 23.4 Å². The first-order valence-corrected chi connectivity index (χ1v) is 9.98. The second kappa shape index (κ2) is 7.87. The molecule has 2 aromatic heterocycles. The Balaban J connectivity index is 1.48. The lowest BCUT2D eigenvalue weighted by Gasteiger charge is -2.06. The molecule has 4 rings (SSSR count). The fourth-order valence-electron chi connectivity index (χ4n) is 2.72. The molecular formula is C19H13Cl2FN4OS. The fraction of sp³-hybridized carbons (Fsp3) is 0.105. The highest BCUT2D eigenvalue weighted by Crippen LogP contribution is 2.23. The van der Waals surface area contributed by atoms with Crippen LogP contribution < -0.4 is 5.32 Å². The van der Waals surface area contributed by atoms with E-state index in [1.807, 2.05) is 5.38 Å². The van der Waals surface area contributed by atoms with Crippen molar-refractivity contribution in [2.24, 2.45) is 0 Å². The largest absolute Gasteiger partial charge is 0.352 e. The van der Waals surface area contributed by atoms with Crippen molar-refractivity contribution in [2.45, 2.75) is 6.42 Å². The second-order valence-corrected chi connectivity index (χ2v) is 7.65. The van der Waals surface area contributed by atoms with Crippen molar-refractivity contribution >= 4 is 45.4 Å². The minimum Gasteiger partial charge on any atom is -0.352 e. The fourth-order valence-corrected chi connectivity index (χ4v) is 3.96. The Bertz CT molecular complexity index is 1170. The van der Waals surface area contributed by atoms with Crippen LogP contribution in [0.25, 0.3) is 16.3 Å². The number of nitrogens with one attached hydrogen (secondary N) is 1. The maximum absolute atomic E-state index is 14.0. The monoisotopic (exact) mass is 434 g/mol. The molecule has 9 heteroatoms. The Morgan fingerprint density at radius 1 is 1.21 bits per heavy atom. The van der Waals surface area contributed by atoms with Crippen molar-refractivity contribution in [3.63, 3.8) is 0 Å². The molecule has 0 aliphatic heterocycles. The van der Waals surface area contributed by atoms with E-state index < -0.39 is 0 Å². The molecule has 0 spiro atoms. The number of amides is 1. The number of fused-ring (bicyclic) bond motifs is 1. The summed E-state index contributed by atoms with van der Waals surface area (Å²) in [6.45, 7) is 0.377. The third-order valence-electron chi connectivity index (χ3n) is 4.10. The zero-order valence-corrected chi connectivity index (χ0v) is 16.7. The molecule has 28 heavy (non-hydrogen) atoms. The Morgan fingerprint density at radius 2 is 2.04 bits per heavy atom. The highest BCUT2D eigenvalue weighted by molar-refractivity contribution is 7.15. The number of carbonyl (C=O) groups is 1. The molecule has 0 aliphatic rings. The molecule has 0 fully saturated rings. The highest BCUT2D eigenvalue weighted by atomic mass is 35.5. The zero-order chi connectivity index (χ0) is 19.7. The molecule has 0 saturated heterocycles. The van der Waals surface area contributed by atoms with Crippen LogP contribution in [0.3, 0.4) is 0 Å². The van der Waals surface area contributed by atoms with Crippen molar-refractivity contribution in [1.82, 2.24) is 19.9 Å². The summed E-state index contributed by atoms with van der Waals surface area (Å²) in [5.74, 6) is -0.335. The van der Waals surface area contributed by atoms with E-state index in [2.05, 4.69) is 15.4 Å². The molecule has 0 radical (unpaired) electrons. The second-order valence-electron chi connectivity index (χ2n) is 5.97. The van der Waals surface area contributed by atoms with Crippen LogP contribution in [0.2, 0.25) is 10.0 Å².